The highest BCUT2D eigenvalue weighted by atomic mass is 35.5. The molecule has 1 fully saturated rings. The zero-order valence-corrected chi connectivity index (χ0v) is 11.9. The summed E-state index contributed by atoms with van der Waals surface area (Å²) in [5.41, 5.74) is 0.0370. The van der Waals surface area contributed by atoms with E-state index in [0.717, 1.165) is 17.2 Å². The summed E-state index contributed by atoms with van der Waals surface area (Å²) in [7, 11) is 0. The van der Waals surface area contributed by atoms with E-state index in [9.17, 15) is 5.11 Å². The first kappa shape index (κ1) is 13.3. The number of halogens is 1. The van der Waals surface area contributed by atoms with Gasteiger partial charge in [-0.25, -0.2) is 0 Å². The fourth-order valence-corrected chi connectivity index (χ4v) is 3.72. The van der Waals surface area contributed by atoms with Crippen LogP contribution in [0.4, 0.5) is 0 Å². The lowest BCUT2D eigenvalue weighted by Crippen LogP contribution is -2.42. The summed E-state index contributed by atoms with van der Waals surface area (Å²) in [5, 5.41) is 13.2. The molecule has 96 valence electrons. The number of nitrogens with one attached hydrogen (secondary N) is 1. The van der Waals surface area contributed by atoms with Crippen LogP contribution in [0.5, 0.6) is 0 Å². The fourth-order valence-electron chi connectivity index (χ4n) is 2.65. The Balaban J connectivity index is 2.01. The lowest BCUT2D eigenvalue weighted by Gasteiger charge is -2.32. The van der Waals surface area contributed by atoms with Crippen LogP contribution in [0.1, 0.15) is 44.0 Å². The molecule has 2 nitrogen and oxygen atoms in total. The van der Waals surface area contributed by atoms with Crippen molar-refractivity contribution in [3.8, 4) is 0 Å². The van der Waals surface area contributed by atoms with Gasteiger partial charge < -0.3 is 10.4 Å². The predicted octanol–water partition coefficient (Wildman–Crippen LogP) is 3.60. The van der Waals surface area contributed by atoms with Crippen LogP contribution < -0.4 is 5.32 Å². The number of aliphatic hydroxyl groups is 1. The van der Waals surface area contributed by atoms with Crippen LogP contribution in [0.25, 0.3) is 0 Å². The maximum absolute atomic E-state index is 9.52. The molecule has 1 aliphatic carbocycles. The van der Waals surface area contributed by atoms with E-state index < -0.39 is 0 Å². The summed E-state index contributed by atoms with van der Waals surface area (Å²) in [4.78, 5) is 1.27. The van der Waals surface area contributed by atoms with Gasteiger partial charge in [-0.1, -0.05) is 24.9 Å². The van der Waals surface area contributed by atoms with Crippen molar-refractivity contribution < 1.29 is 5.11 Å². The molecule has 1 aromatic heterocycles. The molecule has 2 N–H and O–H groups in total. The summed E-state index contributed by atoms with van der Waals surface area (Å²) in [5.74, 6) is 0. The first-order valence-corrected chi connectivity index (χ1v) is 7.37. The van der Waals surface area contributed by atoms with Gasteiger partial charge in [-0.2, -0.15) is 0 Å². The van der Waals surface area contributed by atoms with Gasteiger partial charge in [-0.15, -0.1) is 11.3 Å². The van der Waals surface area contributed by atoms with Gasteiger partial charge in [0.2, 0.25) is 0 Å². The van der Waals surface area contributed by atoms with E-state index in [-0.39, 0.29) is 12.0 Å². The molecule has 1 heterocycles. The van der Waals surface area contributed by atoms with Gasteiger partial charge >= 0.3 is 0 Å². The first-order chi connectivity index (χ1) is 8.05. The van der Waals surface area contributed by atoms with Crippen LogP contribution in [-0.4, -0.2) is 17.8 Å². The minimum absolute atomic E-state index is 0.0370. The maximum atomic E-state index is 9.52. The van der Waals surface area contributed by atoms with Gasteiger partial charge in [-0.3, -0.25) is 0 Å². The number of aliphatic hydroxyl groups excluding tert-OH is 1. The molecule has 1 aromatic rings. The summed E-state index contributed by atoms with van der Waals surface area (Å²) >= 11 is 7.58. The average molecular weight is 274 g/mol. The molecule has 1 saturated carbocycles. The number of rotatable bonds is 4. The van der Waals surface area contributed by atoms with Crippen molar-refractivity contribution in [2.24, 2.45) is 5.41 Å². The monoisotopic (exact) mass is 273 g/mol. The Kier molecular flexibility index (Phi) is 4.14. The van der Waals surface area contributed by atoms with Crippen LogP contribution in [0.2, 0.25) is 4.34 Å². The average Bonchev–Trinajstić information content (AvgIpc) is 2.87. The van der Waals surface area contributed by atoms with Crippen molar-refractivity contribution in [2.75, 3.05) is 6.61 Å². The Labute approximate surface area is 112 Å². The Bertz CT molecular complexity index is 381. The predicted molar refractivity (Wildman–Crippen MR) is 73.7 cm³/mol. The van der Waals surface area contributed by atoms with Gasteiger partial charge in [0, 0.05) is 29.0 Å². The van der Waals surface area contributed by atoms with E-state index >= 15 is 0 Å². The minimum Gasteiger partial charge on any atom is -0.396 e. The number of hydrogen-bond acceptors (Lipinski definition) is 3. The van der Waals surface area contributed by atoms with E-state index in [1.807, 2.05) is 6.07 Å². The molecule has 0 spiro atoms. The molecule has 0 radical (unpaired) electrons. The second kappa shape index (κ2) is 5.27. The van der Waals surface area contributed by atoms with Crippen LogP contribution >= 0.6 is 22.9 Å². The summed E-state index contributed by atoms with van der Waals surface area (Å²) in [6, 6.07) is 4.74. The molecule has 0 saturated heterocycles. The fraction of sp³-hybridized carbons (Fsp3) is 0.692. The van der Waals surface area contributed by atoms with Crippen LogP contribution in [0.15, 0.2) is 12.1 Å². The van der Waals surface area contributed by atoms with E-state index in [4.69, 9.17) is 11.6 Å². The van der Waals surface area contributed by atoms with Gasteiger partial charge in [0.1, 0.15) is 0 Å². The van der Waals surface area contributed by atoms with Crippen molar-refractivity contribution >= 4 is 22.9 Å². The Morgan fingerprint density at radius 2 is 2.41 bits per heavy atom. The van der Waals surface area contributed by atoms with Crippen LogP contribution in [-0.2, 0) is 0 Å². The van der Waals surface area contributed by atoms with Gasteiger partial charge in [0.25, 0.3) is 0 Å². The minimum atomic E-state index is 0.0370. The van der Waals surface area contributed by atoms with Gasteiger partial charge in [0.05, 0.1) is 4.34 Å². The van der Waals surface area contributed by atoms with Gasteiger partial charge in [-0.05, 0) is 31.9 Å². The molecule has 0 aliphatic heterocycles. The van der Waals surface area contributed by atoms with Crippen molar-refractivity contribution in [1.82, 2.24) is 5.32 Å². The molecule has 1 aliphatic rings. The maximum Gasteiger partial charge on any atom is 0.0931 e. The van der Waals surface area contributed by atoms with Crippen molar-refractivity contribution in [2.45, 2.75) is 45.2 Å². The second-order valence-corrected chi connectivity index (χ2v) is 7.03. The Morgan fingerprint density at radius 3 is 3.00 bits per heavy atom. The normalized spacial score (nSPS) is 30.7. The first-order valence-electron chi connectivity index (χ1n) is 6.17. The third-order valence-electron chi connectivity index (χ3n) is 3.92. The van der Waals surface area contributed by atoms with E-state index in [0.29, 0.717) is 12.1 Å². The second-order valence-electron chi connectivity index (χ2n) is 5.29. The third kappa shape index (κ3) is 2.84. The molecule has 0 bridgehead atoms. The third-order valence-corrected chi connectivity index (χ3v) is 5.33. The summed E-state index contributed by atoms with van der Waals surface area (Å²) < 4.78 is 0.838. The Morgan fingerprint density at radius 1 is 1.65 bits per heavy atom. The summed E-state index contributed by atoms with van der Waals surface area (Å²) in [6.45, 7) is 4.60. The van der Waals surface area contributed by atoms with Crippen molar-refractivity contribution in [1.29, 1.82) is 0 Å². The highest BCUT2D eigenvalue weighted by molar-refractivity contribution is 7.16. The standard InChI is InChI=1S/C13H20ClNOS/c1-9(10-5-6-12(14)17-10)15-11-4-3-7-13(11,2)8-16/h5-6,9,11,15-16H,3-4,7-8H2,1-2H3. The quantitative estimate of drug-likeness (QED) is 0.879. The van der Waals surface area contributed by atoms with Crippen molar-refractivity contribution in [3.63, 3.8) is 0 Å². The van der Waals surface area contributed by atoms with Crippen LogP contribution in [0.3, 0.4) is 0 Å². The molecule has 3 atom stereocenters. The van der Waals surface area contributed by atoms with E-state index in [2.05, 4.69) is 25.2 Å². The zero-order valence-electron chi connectivity index (χ0n) is 10.4. The SMILES string of the molecule is CC(NC1CCCC1(C)CO)c1ccc(Cl)s1. The molecule has 4 heteroatoms. The smallest absolute Gasteiger partial charge is 0.0931 e. The Hall–Kier alpha value is -0.0900. The molecule has 3 unspecified atom stereocenters. The summed E-state index contributed by atoms with van der Waals surface area (Å²) in [6.07, 6.45) is 3.46. The molecular formula is C13H20ClNOS. The molecule has 2 rings (SSSR count). The van der Waals surface area contributed by atoms with E-state index in [1.54, 1.807) is 11.3 Å². The van der Waals surface area contributed by atoms with Crippen molar-refractivity contribution in [3.05, 3.63) is 21.3 Å². The highest BCUT2D eigenvalue weighted by Gasteiger charge is 2.38. The van der Waals surface area contributed by atoms with Gasteiger partial charge in [0.15, 0.2) is 0 Å². The number of hydrogen-bond donors (Lipinski definition) is 2. The zero-order chi connectivity index (χ0) is 12.5. The largest absolute Gasteiger partial charge is 0.396 e. The highest BCUT2D eigenvalue weighted by Crippen LogP contribution is 2.39. The van der Waals surface area contributed by atoms with Crippen LogP contribution in [0, 0.1) is 5.41 Å². The molecule has 17 heavy (non-hydrogen) atoms. The lowest BCUT2D eigenvalue weighted by atomic mass is 9.85. The lowest BCUT2D eigenvalue weighted by molar-refractivity contribution is 0.114. The number of thiophene rings is 1. The topological polar surface area (TPSA) is 32.3 Å². The van der Waals surface area contributed by atoms with E-state index in [1.165, 1.54) is 11.3 Å². The molecule has 0 aromatic carbocycles. The molecule has 0 amide bonds. The molecular weight excluding hydrogens is 254 g/mol.